The van der Waals surface area contributed by atoms with Crippen LogP contribution in [0.3, 0.4) is 0 Å². The van der Waals surface area contributed by atoms with E-state index < -0.39 is 0 Å². The van der Waals surface area contributed by atoms with Crippen molar-refractivity contribution in [1.82, 2.24) is 10.2 Å². The molecular weight excluding hydrogens is 330 g/mol. The molecule has 0 bridgehead atoms. The van der Waals surface area contributed by atoms with Crippen molar-refractivity contribution in [3.8, 4) is 5.75 Å². The highest BCUT2D eigenvalue weighted by Gasteiger charge is 2.30. The number of likely N-dealkylation sites (N-methyl/N-ethyl adjacent to an activating group) is 1. The highest BCUT2D eigenvalue weighted by Crippen LogP contribution is 2.31. The van der Waals surface area contributed by atoms with Crippen LogP contribution in [0, 0.1) is 0 Å². The molecule has 24 heavy (non-hydrogen) atoms. The fourth-order valence-corrected chi connectivity index (χ4v) is 3.36. The maximum absolute atomic E-state index is 12.5. The molecule has 1 aromatic rings. The Morgan fingerprint density at radius 3 is 2.96 bits per heavy atom. The molecule has 2 amide bonds. The topological polar surface area (TPSA) is 61.9 Å². The van der Waals surface area contributed by atoms with Gasteiger partial charge in [0.2, 0.25) is 5.91 Å². The van der Waals surface area contributed by atoms with Crippen molar-refractivity contribution in [2.45, 2.75) is 25.3 Å². The predicted molar refractivity (Wildman–Crippen MR) is 94.8 cm³/mol. The van der Waals surface area contributed by atoms with Crippen LogP contribution in [-0.4, -0.2) is 56.0 Å². The molecule has 7 heteroatoms. The number of rotatable bonds is 5. The molecular formula is C17H24ClN3O3. The van der Waals surface area contributed by atoms with Gasteiger partial charge in [0.15, 0.2) is 6.61 Å². The minimum absolute atomic E-state index is 0. The van der Waals surface area contributed by atoms with Crippen LogP contribution in [0.15, 0.2) is 24.3 Å². The maximum atomic E-state index is 12.5. The number of halogens is 1. The lowest BCUT2D eigenvalue weighted by Gasteiger charge is -2.30. The molecule has 1 aromatic carbocycles. The van der Waals surface area contributed by atoms with Gasteiger partial charge in [-0.3, -0.25) is 9.59 Å². The van der Waals surface area contributed by atoms with E-state index in [4.69, 9.17) is 4.74 Å². The summed E-state index contributed by atoms with van der Waals surface area (Å²) in [5.41, 5.74) is 0.754. The second kappa shape index (κ2) is 8.35. The highest BCUT2D eigenvalue weighted by molar-refractivity contribution is 5.98. The van der Waals surface area contributed by atoms with E-state index >= 15 is 0 Å². The standard InChI is InChI=1S/C17H23N3O3.ClH/c1-18-11-13-5-4-9-19(13)16(21)8-10-20-14-6-2-3-7-15(14)23-12-17(20)22;/h2-3,6-7,13,18H,4-5,8-12H2,1H3;1H. The normalized spacial score (nSPS) is 19.5. The maximum Gasteiger partial charge on any atom is 0.265 e. The summed E-state index contributed by atoms with van der Waals surface area (Å²) in [5.74, 6) is 0.734. The minimum Gasteiger partial charge on any atom is -0.482 e. The van der Waals surface area contributed by atoms with Crippen molar-refractivity contribution in [2.75, 3.05) is 38.2 Å². The molecule has 3 rings (SSSR count). The second-order valence-electron chi connectivity index (χ2n) is 5.99. The Hall–Kier alpha value is -1.79. The quantitative estimate of drug-likeness (QED) is 0.870. The van der Waals surface area contributed by atoms with Crippen LogP contribution in [-0.2, 0) is 9.59 Å². The van der Waals surface area contributed by atoms with E-state index in [1.165, 1.54) is 0 Å². The first-order valence-electron chi connectivity index (χ1n) is 8.17. The lowest BCUT2D eigenvalue weighted by Crippen LogP contribution is -2.44. The smallest absolute Gasteiger partial charge is 0.265 e. The van der Waals surface area contributed by atoms with Crippen LogP contribution < -0.4 is 15.0 Å². The number of anilines is 1. The monoisotopic (exact) mass is 353 g/mol. The van der Waals surface area contributed by atoms with Gasteiger partial charge in [0.1, 0.15) is 5.75 Å². The van der Waals surface area contributed by atoms with Gasteiger partial charge in [-0.25, -0.2) is 0 Å². The number of para-hydroxylation sites is 2. The van der Waals surface area contributed by atoms with Gasteiger partial charge in [0, 0.05) is 32.1 Å². The van der Waals surface area contributed by atoms with E-state index in [0.29, 0.717) is 18.7 Å². The summed E-state index contributed by atoms with van der Waals surface area (Å²) in [6.07, 6.45) is 2.45. The molecule has 1 unspecified atom stereocenters. The lowest BCUT2D eigenvalue weighted by molar-refractivity contribution is -0.131. The van der Waals surface area contributed by atoms with Crippen molar-refractivity contribution in [2.24, 2.45) is 0 Å². The fourth-order valence-electron chi connectivity index (χ4n) is 3.36. The summed E-state index contributed by atoms with van der Waals surface area (Å²) >= 11 is 0. The third-order valence-electron chi connectivity index (χ3n) is 4.49. The van der Waals surface area contributed by atoms with E-state index in [2.05, 4.69) is 5.32 Å². The summed E-state index contributed by atoms with van der Waals surface area (Å²) in [5, 5.41) is 3.15. The average Bonchev–Trinajstić information content (AvgIpc) is 3.02. The number of carbonyl (C=O) groups excluding carboxylic acids is 2. The molecule has 2 aliphatic heterocycles. The van der Waals surface area contributed by atoms with Gasteiger partial charge in [0.05, 0.1) is 5.69 Å². The van der Waals surface area contributed by atoms with Gasteiger partial charge in [0.25, 0.3) is 5.91 Å². The van der Waals surface area contributed by atoms with Crippen molar-refractivity contribution in [3.63, 3.8) is 0 Å². The summed E-state index contributed by atoms with van der Waals surface area (Å²) in [6.45, 7) is 2.09. The van der Waals surface area contributed by atoms with E-state index in [9.17, 15) is 9.59 Å². The molecule has 1 N–H and O–H groups in total. The van der Waals surface area contributed by atoms with Crippen LogP contribution in [0.2, 0.25) is 0 Å². The van der Waals surface area contributed by atoms with Crippen LogP contribution in [0.4, 0.5) is 5.69 Å². The average molecular weight is 354 g/mol. The summed E-state index contributed by atoms with van der Waals surface area (Å²) in [4.78, 5) is 28.3. The Kier molecular flexibility index (Phi) is 6.45. The molecule has 1 fully saturated rings. The number of carbonyl (C=O) groups is 2. The van der Waals surface area contributed by atoms with E-state index in [-0.39, 0.29) is 36.9 Å². The summed E-state index contributed by atoms with van der Waals surface area (Å²) < 4.78 is 5.43. The van der Waals surface area contributed by atoms with Crippen molar-refractivity contribution in [1.29, 1.82) is 0 Å². The van der Waals surface area contributed by atoms with Gasteiger partial charge < -0.3 is 19.9 Å². The molecule has 0 spiro atoms. The van der Waals surface area contributed by atoms with Crippen molar-refractivity contribution in [3.05, 3.63) is 24.3 Å². The number of hydrogen-bond donors (Lipinski definition) is 1. The zero-order valence-electron chi connectivity index (χ0n) is 13.9. The number of amides is 2. The SMILES string of the molecule is CNCC1CCCN1C(=O)CCN1C(=O)COc2ccccc21.Cl. The summed E-state index contributed by atoms with van der Waals surface area (Å²) in [6, 6.07) is 7.74. The number of nitrogens with one attached hydrogen (secondary N) is 1. The lowest BCUT2D eigenvalue weighted by atomic mass is 10.2. The second-order valence-corrected chi connectivity index (χ2v) is 5.99. The number of nitrogens with zero attached hydrogens (tertiary/aromatic N) is 2. The Morgan fingerprint density at radius 2 is 2.17 bits per heavy atom. The number of hydrogen-bond acceptors (Lipinski definition) is 4. The minimum atomic E-state index is -0.0929. The number of likely N-dealkylation sites (tertiary alicyclic amines) is 1. The largest absolute Gasteiger partial charge is 0.482 e. The molecule has 2 aliphatic rings. The first-order valence-corrected chi connectivity index (χ1v) is 8.17. The van der Waals surface area contributed by atoms with Crippen LogP contribution in [0.1, 0.15) is 19.3 Å². The number of benzene rings is 1. The Morgan fingerprint density at radius 1 is 1.38 bits per heavy atom. The van der Waals surface area contributed by atoms with Gasteiger partial charge in [-0.1, -0.05) is 12.1 Å². The molecule has 6 nitrogen and oxygen atoms in total. The Balaban J connectivity index is 0.00000208. The molecule has 1 saturated heterocycles. The zero-order valence-corrected chi connectivity index (χ0v) is 14.7. The van der Waals surface area contributed by atoms with E-state index in [1.54, 1.807) is 4.90 Å². The zero-order chi connectivity index (χ0) is 16.2. The van der Waals surface area contributed by atoms with Gasteiger partial charge in [-0.15, -0.1) is 12.4 Å². The third kappa shape index (κ3) is 3.82. The first kappa shape index (κ1) is 18.5. The Bertz CT molecular complexity index is 596. The van der Waals surface area contributed by atoms with Crippen molar-refractivity contribution >= 4 is 29.9 Å². The molecule has 0 saturated carbocycles. The molecule has 132 valence electrons. The Labute approximate surface area is 148 Å². The third-order valence-corrected chi connectivity index (χ3v) is 4.49. The number of ether oxygens (including phenoxy) is 1. The fraction of sp³-hybridized carbons (Fsp3) is 0.529. The molecule has 1 atom stereocenters. The summed E-state index contributed by atoms with van der Waals surface area (Å²) in [7, 11) is 1.91. The van der Waals surface area contributed by atoms with Crippen LogP contribution in [0.25, 0.3) is 0 Å². The molecule has 0 aromatic heterocycles. The molecule has 0 aliphatic carbocycles. The molecule has 2 heterocycles. The van der Waals surface area contributed by atoms with Crippen LogP contribution >= 0.6 is 12.4 Å². The highest BCUT2D eigenvalue weighted by atomic mass is 35.5. The number of fused-ring (bicyclic) bond motifs is 1. The molecule has 0 radical (unpaired) electrons. The van der Waals surface area contributed by atoms with Gasteiger partial charge >= 0.3 is 0 Å². The van der Waals surface area contributed by atoms with Crippen molar-refractivity contribution < 1.29 is 14.3 Å². The first-order chi connectivity index (χ1) is 11.2. The predicted octanol–water partition coefficient (Wildman–Crippen LogP) is 1.43. The van der Waals surface area contributed by atoms with E-state index in [0.717, 1.165) is 31.6 Å². The van der Waals surface area contributed by atoms with Gasteiger partial charge in [-0.05, 0) is 32.0 Å². The van der Waals surface area contributed by atoms with Gasteiger partial charge in [-0.2, -0.15) is 0 Å². The van der Waals surface area contributed by atoms with E-state index in [1.807, 2.05) is 36.2 Å². The van der Waals surface area contributed by atoms with Crippen LogP contribution in [0.5, 0.6) is 5.75 Å².